The second-order valence-corrected chi connectivity index (χ2v) is 3.93. The molecule has 1 rings (SSSR count). The van der Waals surface area contributed by atoms with E-state index in [4.69, 9.17) is 16.3 Å². The Morgan fingerprint density at radius 2 is 2.00 bits per heavy atom. The molecule has 0 heterocycles. The second kappa shape index (κ2) is 6.70. The second-order valence-electron chi connectivity index (χ2n) is 3.55. The molecular formula is C12H18ClNO. The highest BCUT2D eigenvalue weighted by atomic mass is 35.5. The number of alkyl halides is 1. The first-order chi connectivity index (χ1) is 7.27. The predicted octanol–water partition coefficient (Wildman–Crippen LogP) is 2.41. The Hall–Kier alpha value is -0.730. The molecule has 2 nitrogen and oxygen atoms in total. The summed E-state index contributed by atoms with van der Waals surface area (Å²) in [5.41, 5.74) is 1.25. The van der Waals surface area contributed by atoms with Gasteiger partial charge >= 0.3 is 0 Å². The van der Waals surface area contributed by atoms with Crippen LogP contribution in [-0.4, -0.2) is 38.0 Å². The quantitative estimate of drug-likeness (QED) is 0.692. The van der Waals surface area contributed by atoms with Gasteiger partial charge in [-0.2, -0.15) is 0 Å². The zero-order valence-corrected chi connectivity index (χ0v) is 10.1. The average molecular weight is 228 g/mol. The summed E-state index contributed by atoms with van der Waals surface area (Å²) in [4.78, 5) is 2.22. The highest BCUT2D eigenvalue weighted by Gasteiger charge is 2.03. The van der Waals surface area contributed by atoms with Gasteiger partial charge in [0.15, 0.2) is 0 Å². The summed E-state index contributed by atoms with van der Waals surface area (Å²) in [6.07, 6.45) is 0.997. The van der Waals surface area contributed by atoms with Crippen LogP contribution >= 0.6 is 11.6 Å². The summed E-state index contributed by atoms with van der Waals surface area (Å²) >= 11 is 5.67. The summed E-state index contributed by atoms with van der Waals surface area (Å²) in [6, 6.07) is 8.13. The maximum Gasteiger partial charge on any atom is 0.122 e. The number of hydrogen-bond acceptors (Lipinski definition) is 2. The molecule has 3 heteroatoms. The molecule has 0 bridgehead atoms. The Labute approximate surface area is 96.8 Å². The van der Waals surface area contributed by atoms with Crippen molar-refractivity contribution in [3.8, 4) is 5.75 Å². The molecule has 0 amide bonds. The molecular weight excluding hydrogens is 210 g/mol. The van der Waals surface area contributed by atoms with Gasteiger partial charge in [0.1, 0.15) is 5.75 Å². The number of hydrogen-bond donors (Lipinski definition) is 0. The molecule has 0 fully saturated rings. The van der Waals surface area contributed by atoms with Crippen LogP contribution in [0.3, 0.4) is 0 Å². The molecule has 0 aliphatic rings. The summed E-state index contributed by atoms with van der Waals surface area (Å²) in [5, 5.41) is 0. The van der Waals surface area contributed by atoms with E-state index in [-0.39, 0.29) is 0 Å². The number of ether oxygens (including phenoxy) is 1. The Morgan fingerprint density at radius 3 is 2.67 bits per heavy atom. The lowest BCUT2D eigenvalue weighted by Crippen LogP contribution is -2.23. The van der Waals surface area contributed by atoms with Gasteiger partial charge in [0.05, 0.1) is 7.11 Å². The van der Waals surface area contributed by atoms with Gasteiger partial charge in [0.2, 0.25) is 0 Å². The molecule has 0 aliphatic heterocycles. The van der Waals surface area contributed by atoms with Crippen molar-refractivity contribution in [2.75, 3.05) is 33.1 Å². The van der Waals surface area contributed by atoms with Crippen LogP contribution in [0.1, 0.15) is 5.56 Å². The van der Waals surface area contributed by atoms with Crippen LogP contribution in [0.5, 0.6) is 5.75 Å². The third kappa shape index (κ3) is 4.10. The van der Waals surface area contributed by atoms with E-state index >= 15 is 0 Å². The first-order valence-electron chi connectivity index (χ1n) is 5.14. The van der Waals surface area contributed by atoms with E-state index in [2.05, 4.69) is 18.0 Å². The highest BCUT2D eigenvalue weighted by molar-refractivity contribution is 6.18. The number of nitrogens with zero attached hydrogens (tertiary/aromatic N) is 1. The fourth-order valence-electron chi connectivity index (χ4n) is 1.48. The number of halogens is 1. The smallest absolute Gasteiger partial charge is 0.122 e. The molecule has 0 unspecified atom stereocenters. The lowest BCUT2D eigenvalue weighted by atomic mass is 10.1. The van der Waals surface area contributed by atoms with Crippen molar-refractivity contribution in [2.24, 2.45) is 0 Å². The summed E-state index contributed by atoms with van der Waals surface area (Å²) in [6.45, 7) is 1.93. The van der Waals surface area contributed by atoms with E-state index < -0.39 is 0 Å². The maximum atomic E-state index is 5.67. The van der Waals surface area contributed by atoms with Crippen molar-refractivity contribution in [1.82, 2.24) is 4.90 Å². The molecule has 0 radical (unpaired) electrons. The normalized spacial score (nSPS) is 10.7. The van der Waals surface area contributed by atoms with E-state index in [0.29, 0.717) is 5.88 Å². The van der Waals surface area contributed by atoms with Crippen LogP contribution in [0.15, 0.2) is 24.3 Å². The van der Waals surface area contributed by atoms with Gasteiger partial charge in [-0.3, -0.25) is 0 Å². The maximum absolute atomic E-state index is 5.67. The molecule has 84 valence electrons. The van der Waals surface area contributed by atoms with Crippen LogP contribution in [0.2, 0.25) is 0 Å². The van der Waals surface area contributed by atoms with E-state index in [1.807, 2.05) is 18.2 Å². The van der Waals surface area contributed by atoms with E-state index in [9.17, 15) is 0 Å². The number of rotatable bonds is 6. The van der Waals surface area contributed by atoms with Crippen LogP contribution in [0.4, 0.5) is 0 Å². The predicted molar refractivity (Wildman–Crippen MR) is 64.9 cm³/mol. The molecule has 0 spiro atoms. The van der Waals surface area contributed by atoms with Crippen molar-refractivity contribution >= 4 is 11.6 Å². The summed E-state index contributed by atoms with van der Waals surface area (Å²) in [5.74, 6) is 1.65. The van der Waals surface area contributed by atoms with Gasteiger partial charge < -0.3 is 9.64 Å². The zero-order valence-electron chi connectivity index (χ0n) is 9.37. The summed E-state index contributed by atoms with van der Waals surface area (Å²) < 4.78 is 5.29. The van der Waals surface area contributed by atoms with Crippen LogP contribution in [0, 0.1) is 0 Å². The Balaban J connectivity index is 2.49. The molecule has 1 aromatic carbocycles. The molecule has 0 atom stereocenters. The first kappa shape index (κ1) is 12.3. The van der Waals surface area contributed by atoms with Gasteiger partial charge in [0, 0.05) is 19.0 Å². The lowest BCUT2D eigenvalue weighted by molar-refractivity contribution is 0.354. The lowest BCUT2D eigenvalue weighted by Gasteiger charge is -2.15. The topological polar surface area (TPSA) is 12.5 Å². The number of likely N-dealkylation sites (N-methyl/N-ethyl adjacent to an activating group) is 1. The van der Waals surface area contributed by atoms with Crippen molar-refractivity contribution in [3.63, 3.8) is 0 Å². The fraction of sp³-hybridized carbons (Fsp3) is 0.500. The third-order valence-electron chi connectivity index (χ3n) is 2.42. The molecule has 0 saturated carbocycles. The monoisotopic (exact) mass is 227 g/mol. The van der Waals surface area contributed by atoms with Crippen molar-refractivity contribution < 1.29 is 4.74 Å². The Kier molecular flexibility index (Phi) is 5.51. The van der Waals surface area contributed by atoms with Gasteiger partial charge in [-0.15, -0.1) is 11.6 Å². The molecule has 0 aromatic heterocycles. The van der Waals surface area contributed by atoms with E-state index in [1.165, 1.54) is 5.56 Å². The zero-order chi connectivity index (χ0) is 11.1. The Bertz CT molecular complexity index is 291. The van der Waals surface area contributed by atoms with Gasteiger partial charge in [0.25, 0.3) is 0 Å². The molecule has 0 aliphatic carbocycles. The minimum atomic E-state index is 0.683. The van der Waals surface area contributed by atoms with Crippen LogP contribution in [0.25, 0.3) is 0 Å². The van der Waals surface area contributed by atoms with Crippen molar-refractivity contribution in [2.45, 2.75) is 6.42 Å². The number of para-hydroxylation sites is 1. The van der Waals surface area contributed by atoms with Crippen LogP contribution < -0.4 is 4.74 Å². The van der Waals surface area contributed by atoms with Crippen LogP contribution in [-0.2, 0) is 6.42 Å². The fourth-order valence-corrected chi connectivity index (χ4v) is 1.77. The standard InChI is InChI=1S/C12H18ClNO/c1-14(10-8-13)9-7-11-5-3-4-6-12(11)15-2/h3-6H,7-10H2,1-2H3. The number of benzene rings is 1. The van der Waals surface area contributed by atoms with Gasteiger partial charge in [-0.05, 0) is 25.1 Å². The molecule has 1 aromatic rings. The number of methoxy groups -OCH3 is 1. The van der Waals surface area contributed by atoms with Gasteiger partial charge in [-0.1, -0.05) is 18.2 Å². The molecule has 15 heavy (non-hydrogen) atoms. The van der Waals surface area contributed by atoms with E-state index in [0.717, 1.165) is 25.3 Å². The highest BCUT2D eigenvalue weighted by Crippen LogP contribution is 2.17. The first-order valence-corrected chi connectivity index (χ1v) is 5.67. The minimum absolute atomic E-state index is 0.683. The molecule has 0 saturated heterocycles. The van der Waals surface area contributed by atoms with Crippen molar-refractivity contribution in [1.29, 1.82) is 0 Å². The Morgan fingerprint density at radius 1 is 1.27 bits per heavy atom. The SMILES string of the molecule is COc1ccccc1CCN(C)CCCl. The van der Waals surface area contributed by atoms with Gasteiger partial charge in [-0.25, -0.2) is 0 Å². The molecule has 0 N–H and O–H groups in total. The third-order valence-corrected chi connectivity index (χ3v) is 2.59. The largest absolute Gasteiger partial charge is 0.496 e. The van der Waals surface area contributed by atoms with Crippen molar-refractivity contribution in [3.05, 3.63) is 29.8 Å². The van der Waals surface area contributed by atoms with E-state index in [1.54, 1.807) is 7.11 Å². The minimum Gasteiger partial charge on any atom is -0.496 e. The average Bonchev–Trinajstić information content (AvgIpc) is 2.27. The summed E-state index contributed by atoms with van der Waals surface area (Å²) in [7, 11) is 3.79.